The Bertz CT molecular complexity index is 345. The van der Waals surface area contributed by atoms with Crippen molar-refractivity contribution in [3.63, 3.8) is 0 Å². The summed E-state index contributed by atoms with van der Waals surface area (Å²) < 4.78 is 18.2. The van der Waals surface area contributed by atoms with Crippen molar-refractivity contribution < 1.29 is 9.13 Å². The van der Waals surface area contributed by atoms with Gasteiger partial charge in [-0.2, -0.15) is 0 Å². The van der Waals surface area contributed by atoms with Crippen LogP contribution in [-0.4, -0.2) is 25.8 Å². The van der Waals surface area contributed by atoms with Gasteiger partial charge >= 0.3 is 0 Å². The molecule has 1 fully saturated rings. The first kappa shape index (κ1) is 10.3. The summed E-state index contributed by atoms with van der Waals surface area (Å²) in [4.78, 5) is 0. The average molecular weight is 207 g/mol. The van der Waals surface area contributed by atoms with Crippen LogP contribution < -0.4 is 5.32 Å². The highest BCUT2D eigenvalue weighted by atomic mass is 19.1. The fraction of sp³-hybridized carbons (Fsp3) is 0.333. The number of morpholine rings is 1. The van der Waals surface area contributed by atoms with E-state index in [0.29, 0.717) is 6.61 Å². The third-order valence-corrected chi connectivity index (χ3v) is 2.32. The van der Waals surface area contributed by atoms with E-state index in [9.17, 15) is 4.39 Å². The van der Waals surface area contributed by atoms with Crippen LogP contribution in [-0.2, 0) is 4.74 Å². The van der Waals surface area contributed by atoms with Crippen molar-refractivity contribution in [3.05, 3.63) is 41.7 Å². The van der Waals surface area contributed by atoms with E-state index in [1.165, 1.54) is 12.1 Å². The van der Waals surface area contributed by atoms with E-state index in [-0.39, 0.29) is 11.9 Å². The summed E-state index contributed by atoms with van der Waals surface area (Å²) in [7, 11) is 0. The van der Waals surface area contributed by atoms with Crippen LogP contribution in [0.25, 0.3) is 6.08 Å². The largest absolute Gasteiger partial charge is 0.378 e. The van der Waals surface area contributed by atoms with E-state index < -0.39 is 0 Å². The molecule has 2 rings (SSSR count). The van der Waals surface area contributed by atoms with E-state index in [1.54, 1.807) is 6.07 Å². The molecule has 15 heavy (non-hydrogen) atoms. The molecule has 0 bridgehead atoms. The van der Waals surface area contributed by atoms with Gasteiger partial charge in [-0.25, -0.2) is 4.39 Å². The Labute approximate surface area is 88.8 Å². The molecule has 1 heterocycles. The highest BCUT2D eigenvalue weighted by molar-refractivity contribution is 5.49. The number of hydrogen-bond donors (Lipinski definition) is 1. The third kappa shape index (κ3) is 3.15. The van der Waals surface area contributed by atoms with E-state index in [2.05, 4.69) is 5.32 Å². The van der Waals surface area contributed by atoms with Crippen LogP contribution in [0.4, 0.5) is 4.39 Å². The number of benzene rings is 1. The molecule has 1 aliphatic rings. The van der Waals surface area contributed by atoms with Crippen LogP contribution in [0, 0.1) is 5.82 Å². The van der Waals surface area contributed by atoms with Gasteiger partial charge in [0.25, 0.3) is 0 Å². The molecule has 1 aromatic rings. The molecular weight excluding hydrogens is 193 g/mol. The molecule has 80 valence electrons. The predicted molar refractivity (Wildman–Crippen MR) is 58.0 cm³/mol. The molecule has 0 aliphatic carbocycles. The van der Waals surface area contributed by atoms with Gasteiger partial charge in [0.15, 0.2) is 0 Å². The summed E-state index contributed by atoms with van der Waals surface area (Å²) in [6.45, 7) is 2.33. The molecule has 1 aromatic carbocycles. The molecule has 1 unspecified atom stereocenters. The van der Waals surface area contributed by atoms with Crippen molar-refractivity contribution in [1.82, 2.24) is 5.32 Å². The average Bonchev–Trinajstić information content (AvgIpc) is 2.28. The Morgan fingerprint density at radius 2 is 2.40 bits per heavy atom. The molecule has 0 radical (unpaired) electrons. The maximum absolute atomic E-state index is 12.9. The lowest BCUT2D eigenvalue weighted by Crippen LogP contribution is -2.39. The predicted octanol–water partition coefficient (Wildman–Crippen LogP) is 1.83. The van der Waals surface area contributed by atoms with Crippen molar-refractivity contribution in [1.29, 1.82) is 0 Å². The SMILES string of the molecule is Fc1cccc(/C=C/C2COCCN2)c1. The lowest BCUT2D eigenvalue weighted by atomic mass is 10.1. The minimum Gasteiger partial charge on any atom is -0.378 e. The third-order valence-electron chi connectivity index (χ3n) is 2.32. The van der Waals surface area contributed by atoms with Crippen molar-refractivity contribution in [2.75, 3.05) is 19.8 Å². The van der Waals surface area contributed by atoms with Gasteiger partial charge in [-0.05, 0) is 17.7 Å². The van der Waals surface area contributed by atoms with Gasteiger partial charge in [-0.3, -0.25) is 0 Å². The van der Waals surface area contributed by atoms with Crippen LogP contribution in [0.15, 0.2) is 30.3 Å². The molecule has 3 heteroatoms. The first-order valence-corrected chi connectivity index (χ1v) is 5.09. The lowest BCUT2D eigenvalue weighted by molar-refractivity contribution is 0.0903. The summed E-state index contributed by atoms with van der Waals surface area (Å²) in [6.07, 6.45) is 3.92. The van der Waals surface area contributed by atoms with Crippen LogP contribution in [0.2, 0.25) is 0 Å². The summed E-state index contributed by atoms with van der Waals surface area (Å²) in [5, 5.41) is 3.30. The van der Waals surface area contributed by atoms with Crippen molar-refractivity contribution in [2.45, 2.75) is 6.04 Å². The van der Waals surface area contributed by atoms with Crippen LogP contribution in [0.3, 0.4) is 0 Å². The van der Waals surface area contributed by atoms with Gasteiger partial charge in [0, 0.05) is 12.6 Å². The van der Waals surface area contributed by atoms with E-state index in [1.807, 2.05) is 18.2 Å². The zero-order chi connectivity index (χ0) is 10.5. The normalized spacial score (nSPS) is 22.1. The minimum absolute atomic E-state index is 0.204. The number of ether oxygens (including phenoxy) is 1. The molecule has 0 amide bonds. The van der Waals surface area contributed by atoms with E-state index in [4.69, 9.17) is 4.74 Å². The molecule has 0 spiro atoms. The number of nitrogens with one attached hydrogen (secondary N) is 1. The fourth-order valence-electron chi connectivity index (χ4n) is 1.55. The summed E-state index contributed by atoms with van der Waals surface area (Å²) in [5.74, 6) is -0.204. The maximum atomic E-state index is 12.9. The van der Waals surface area contributed by atoms with Crippen LogP contribution >= 0.6 is 0 Å². The highest BCUT2D eigenvalue weighted by Gasteiger charge is 2.08. The zero-order valence-electron chi connectivity index (χ0n) is 8.45. The Morgan fingerprint density at radius 3 is 3.13 bits per heavy atom. The lowest BCUT2D eigenvalue weighted by Gasteiger charge is -2.20. The smallest absolute Gasteiger partial charge is 0.123 e. The van der Waals surface area contributed by atoms with Crippen molar-refractivity contribution in [3.8, 4) is 0 Å². The van der Waals surface area contributed by atoms with Gasteiger partial charge in [0.2, 0.25) is 0 Å². The molecule has 1 atom stereocenters. The first-order valence-electron chi connectivity index (χ1n) is 5.09. The standard InChI is InChI=1S/C12H14FNO/c13-11-3-1-2-10(8-11)4-5-12-9-15-7-6-14-12/h1-5,8,12,14H,6-7,9H2/b5-4+. The molecule has 1 saturated heterocycles. The van der Waals surface area contributed by atoms with Gasteiger partial charge in [-0.15, -0.1) is 0 Å². The number of hydrogen-bond acceptors (Lipinski definition) is 2. The molecule has 1 N–H and O–H groups in total. The summed E-state index contributed by atoms with van der Waals surface area (Å²) >= 11 is 0. The molecule has 1 aliphatic heterocycles. The van der Waals surface area contributed by atoms with Gasteiger partial charge in [0.1, 0.15) is 5.82 Å². The fourth-order valence-corrected chi connectivity index (χ4v) is 1.55. The second-order valence-electron chi connectivity index (χ2n) is 3.55. The Balaban J connectivity index is 1.97. The Hall–Kier alpha value is -1.19. The molecule has 0 saturated carbocycles. The van der Waals surface area contributed by atoms with E-state index >= 15 is 0 Å². The monoisotopic (exact) mass is 207 g/mol. The van der Waals surface area contributed by atoms with Gasteiger partial charge in [0.05, 0.1) is 13.2 Å². The topological polar surface area (TPSA) is 21.3 Å². The van der Waals surface area contributed by atoms with Crippen molar-refractivity contribution in [2.24, 2.45) is 0 Å². The van der Waals surface area contributed by atoms with Gasteiger partial charge < -0.3 is 10.1 Å². The first-order chi connectivity index (χ1) is 7.34. The minimum atomic E-state index is -0.204. The number of halogens is 1. The second kappa shape index (κ2) is 5.05. The Kier molecular flexibility index (Phi) is 3.48. The second-order valence-corrected chi connectivity index (χ2v) is 3.55. The molecule has 2 nitrogen and oxygen atoms in total. The molecular formula is C12H14FNO. The van der Waals surface area contributed by atoms with Crippen LogP contribution in [0.5, 0.6) is 0 Å². The molecule has 0 aromatic heterocycles. The summed E-state index contributed by atoms with van der Waals surface area (Å²) in [6, 6.07) is 6.78. The van der Waals surface area contributed by atoms with Crippen molar-refractivity contribution >= 4 is 6.08 Å². The highest BCUT2D eigenvalue weighted by Crippen LogP contribution is 2.06. The maximum Gasteiger partial charge on any atom is 0.123 e. The van der Waals surface area contributed by atoms with E-state index in [0.717, 1.165) is 18.7 Å². The zero-order valence-corrected chi connectivity index (χ0v) is 8.45. The Morgan fingerprint density at radius 1 is 1.47 bits per heavy atom. The van der Waals surface area contributed by atoms with Crippen LogP contribution in [0.1, 0.15) is 5.56 Å². The summed E-state index contributed by atoms with van der Waals surface area (Å²) in [5.41, 5.74) is 0.877. The number of rotatable bonds is 2. The van der Waals surface area contributed by atoms with Gasteiger partial charge in [-0.1, -0.05) is 24.3 Å². The quantitative estimate of drug-likeness (QED) is 0.798.